The molecular weight excluding hydrogens is 336 g/mol. The molecule has 0 aliphatic carbocycles. The van der Waals surface area contributed by atoms with E-state index in [1.54, 1.807) is 24.3 Å². The number of nitrogens with one attached hydrogen (secondary N) is 1. The Kier molecular flexibility index (Phi) is 5.71. The van der Waals surface area contributed by atoms with Gasteiger partial charge in [-0.1, -0.05) is 41.9 Å². The van der Waals surface area contributed by atoms with Crippen LogP contribution in [0.2, 0.25) is 5.02 Å². The highest BCUT2D eigenvalue weighted by Gasteiger charge is 2.24. The zero-order valence-corrected chi connectivity index (χ0v) is 14.7. The fourth-order valence-electron chi connectivity index (χ4n) is 3.03. The molecule has 0 atom stereocenters. The zero-order valence-electron chi connectivity index (χ0n) is 14.0. The number of piperidine rings is 1. The summed E-state index contributed by atoms with van der Waals surface area (Å²) in [5, 5.41) is 3.66. The Morgan fingerprint density at radius 2 is 1.64 bits per heavy atom. The second kappa shape index (κ2) is 8.17. The van der Waals surface area contributed by atoms with Crippen molar-refractivity contribution in [2.45, 2.75) is 25.3 Å². The Morgan fingerprint density at radius 3 is 2.28 bits per heavy atom. The van der Waals surface area contributed by atoms with Crippen LogP contribution in [0.4, 0.5) is 0 Å². The second-order valence-electron chi connectivity index (χ2n) is 6.30. The van der Waals surface area contributed by atoms with Gasteiger partial charge in [0.15, 0.2) is 0 Å². The predicted octanol–water partition coefficient (Wildman–Crippen LogP) is 3.30. The van der Waals surface area contributed by atoms with Crippen LogP contribution in [-0.2, 0) is 11.2 Å². The summed E-state index contributed by atoms with van der Waals surface area (Å²) in [5.41, 5.74) is 1.64. The molecule has 0 unspecified atom stereocenters. The molecule has 2 aromatic rings. The highest BCUT2D eigenvalue weighted by molar-refractivity contribution is 6.30. The van der Waals surface area contributed by atoms with E-state index in [-0.39, 0.29) is 17.9 Å². The Morgan fingerprint density at radius 1 is 1.00 bits per heavy atom. The van der Waals surface area contributed by atoms with Gasteiger partial charge in [-0.05, 0) is 42.7 Å². The van der Waals surface area contributed by atoms with Crippen LogP contribution >= 0.6 is 11.6 Å². The minimum atomic E-state index is -0.0919. The maximum absolute atomic E-state index is 12.4. The van der Waals surface area contributed by atoms with Crippen molar-refractivity contribution >= 4 is 23.4 Å². The second-order valence-corrected chi connectivity index (χ2v) is 6.73. The Balaban J connectivity index is 1.47. The van der Waals surface area contributed by atoms with Gasteiger partial charge >= 0.3 is 0 Å². The van der Waals surface area contributed by atoms with Crippen molar-refractivity contribution in [2.75, 3.05) is 13.1 Å². The number of benzene rings is 2. The molecule has 5 heteroatoms. The highest BCUT2D eigenvalue weighted by atomic mass is 35.5. The lowest BCUT2D eigenvalue weighted by Crippen LogP contribution is -2.46. The van der Waals surface area contributed by atoms with Crippen molar-refractivity contribution in [1.29, 1.82) is 0 Å². The molecule has 2 aromatic carbocycles. The van der Waals surface area contributed by atoms with Crippen LogP contribution < -0.4 is 5.32 Å². The molecule has 0 saturated carbocycles. The topological polar surface area (TPSA) is 49.4 Å². The van der Waals surface area contributed by atoms with Crippen LogP contribution in [-0.4, -0.2) is 35.8 Å². The number of hydrogen-bond donors (Lipinski definition) is 1. The maximum Gasteiger partial charge on any atom is 0.251 e. The summed E-state index contributed by atoms with van der Waals surface area (Å²) < 4.78 is 0. The van der Waals surface area contributed by atoms with E-state index in [9.17, 15) is 9.59 Å². The van der Waals surface area contributed by atoms with Crippen LogP contribution in [0, 0.1) is 0 Å². The van der Waals surface area contributed by atoms with Gasteiger partial charge in [-0.2, -0.15) is 0 Å². The van der Waals surface area contributed by atoms with E-state index in [4.69, 9.17) is 11.6 Å². The minimum Gasteiger partial charge on any atom is -0.349 e. The van der Waals surface area contributed by atoms with Crippen LogP contribution in [0.3, 0.4) is 0 Å². The average molecular weight is 357 g/mol. The summed E-state index contributed by atoms with van der Waals surface area (Å²) >= 11 is 5.84. The minimum absolute atomic E-state index is 0.0919. The third-order valence-electron chi connectivity index (χ3n) is 4.49. The predicted molar refractivity (Wildman–Crippen MR) is 98.7 cm³/mol. The summed E-state index contributed by atoms with van der Waals surface area (Å²) in [6, 6.07) is 16.7. The summed E-state index contributed by atoms with van der Waals surface area (Å²) in [6.07, 6.45) is 1.99. The molecular formula is C20H21ClN2O2. The molecule has 1 N–H and O–H groups in total. The van der Waals surface area contributed by atoms with Gasteiger partial charge in [0.1, 0.15) is 0 Å². The third kappa shape index (κ3) is 4.83. The van der Waals surface area contributed by atoms with Crippen LogP contribution in [0.5, 0.6) is 0 Å². The maximum atomic E-state index is 12.4. The summed E-state index contributed by atoms with van der Waals surface area (Å²) in [7, 11) is 0. The molecule has 1 aliphatic rings. The van der Waals surface area contributed by atoms with Crippen molar-refractivity contribution in [3.63, 3.8) is 0 Å². The average Bonchev–Trinajstić information content (AvgIpc) is 2.63. The van der Waals surface area contributed by atoms with Crippen molar-refractivity contribution in [3.8, 4) is 0 Å². The number of rotatable bonds is 4. The zero-order chi connectivity index (χ0) is 17.6. The van der Waals surface area contributed by atoms with Gasteiger partial charge in [0.25, 0.3) is 5.91 Å². The number of nitrogens with zero attached hydrogens (tertiary/aromatic N) is 1. The van der Waals surface area contributed by atoms with E-state index >= 15 is 0 Å². The van der Waals surface area contributed by atoms with Crippen LogP contribution in [0.15, 0.2) is 54.6 Å². The monoisotopic (exact) mass is 356 g/mol. The van der Waals surface area contributed by atoms with Gasteiger partial charge in [0.05, 0.1) is 6.42 Å². The number of hydrogen-bond acceptors (Lipinski definition) is 2. The van der Waals surface area contributed by atoms with E-state index < -0.39 is 0 Å². The smallest absolute Gasteiger partial charge is 0.251 e. The SMILES string of the molecule is O=C(NC1CCN(C(=O)Cc2ccccc2)CC1)c1ccc(Cl)cc1. The fourth-order valence-corrected chi connectivity index (χ4v) is 3.15. The number of amides is 2. The largest absolute Gasteiger partial charge is 0.349 e. The molecule has 3 rings (SSSR count). The quantitative estimate of drug-likeness (QED) is 0.913. The first-order valence-corrected chi connectivity index (χ1v) is 8.88. The number of carbonyl (C=O) groups is 2. The van der Waals surface area contributed by atoms with Crippen molar-refractivity contribution in [3.05, 3.63) is 70.7 Å². The van der Waals surface area contributed by atoms with Gasteiger partial charge in [-0.25, -0.2) is 0 Å². The van der Waals surface area contributed by atoms with Crippen LogP contribution in [0.1, 0.15) is 28.8 Å². The van der Waals surface area contributed by atoms with E-state index in [0.717, 1.165) is 18.4 Å². The van der Waals surface area contributed by atoms with Gasteiger partial charge in [0.2, 0.25) is 5.91 Å². The fraction of sp³-hybridized carbons (Fsp3) is 0.300. The lowest BCUT2D eigenvalue weighted by atomic mass is 10.0. The molecule has 2 amide bonds. The Bertz CT molecular complexity index is 723. The van der Waals surface area contributed by atoms with E-state index in [1.807, 2.05) is 35.2 Å². The van der Waals surface area contributed by atoms with Crippen LogP contribution in [0.25, 0.3) is 0 Å². The standard InChI is InChI=1S/C20H21ClN2O2/c21-17-8-6-16(7-9-17)20(25)22-18-10-12-23(13-11-18)19(24)14-15-4-2-1-3-5-15/h1-9,18H,10-14H2,(H,22,25). The van der Waals surface area contributed by atoms with E-state index in [2.05, 4.69) is 5.32 Å². The molecule has 25 heavy (non-hydrogen) atoms. The molecule has 1 heterocycles. The molecule has 1 fully saturated rings. The van der Waals surface area contributed by atoms with Gasteiger partial charge in [0, 0.05) is 29.7 Å². The summed E-state index contributed by atoms with van der Waals surface area (Å²) in [6.45, 7) is 1.36. The number of carbonyl (C=O) groups excluding carboxylic acids is 2. The number of halogens is 1. The normalized spacial score (nSPS) is 15.0. The first-order chi connectivity index (χ1) is 12.1. The highest BCUT2D eigenvalue weighted by Crippen LogP contribution is 2.14. The lowest BCUT2D eigenvalue weighted by Gasteiger charge is -2.32. The first kappa shape index (κ1) is 17.5. The molecule has 130 valence electrons. The molecule has 0 bridgehead atoms. The molecule has 4 nitrogen and oxygen atoms in total. The Labute approximate surface area is 152 Å². The van der Waals surface area contributed by atoms with E-state index in [0.29, 0.717) is 30.1 Å². The third-order valence-corrected chi connectivity index (χ3v) is 4.74. The molecule has 1 aliphatic heterocycles. The summed E-state index contributed by atoms with van der Waals surface area (Å²) in [5.74, 6) is 0.0550. The van der Waals surface area contributed by atoms with Crippen molar-refractivity contribution in [2.24, 2.45) is 0 Å². The van der Waals surface area contributed by atoms with Gasteiger partial charge in [-0.3, -0.25) is 9.59 Å². The molecule has 0 radical (unpaired) electrons. The van der Waals surface area contributed by atoms with Crippen molar-refractivity contribution in [1.82, 2.24) is 10.2 Å². The molecule has 0 aromatic heterocycles. The van der Waals surface area contributed by atoms with Crippen molar-refractivity contribution < 1.29 is 9.59 Å². The van der Waals surface area contributed by atoms with Gasteiger partial charge < -0.3 is 10.2 Å². The number of likely N-dealkylation sites (tertiary alicyclic amines) is 1. The van der Waals surface area contributed by atoms with E-state index in [1.165, 1.54) is 0 Å². The lowest BCUT2D eigenvalue weighted by molar-refractivity contribution is -0.131. The van der Waals surface area contributed by atoms with Gasteiger partial charge in [-0.15, -0.1) is 0 Å². The summed E-state index contributed by atoms with van der Waals surface area (Å²) in [4.78, 5) is 26.5. The first-order valence-electron chi connectivity index (χ1n) is 8.50. The molecule has 0 spiro atoms. The Hall–Kier alpha value is -2.33. The molecule has 1 saturated heterocycles.